The summed E-state index contributed by atoms with van der Waals surface area (Å²) < 4.78 is 7.23. The Morgan fingerprint density at radius 1 is 1.07 bits per heavy atom. The first-order valence-corrected chi connectivity index (χ1v) is 10.2. The van der Waals surface area contributed by atoms with Crippen LogP contribution in [0.5, 0.6) is 5.75 Å². The Bertz CT molecular complexity index is 937. The minimum absolute atomic E-state index is 0.150. The molecule has 0 unspecified atom stereocenters. The van der Waals surface area contributed by atoms with Gasteiger partial charge in [-0.3, -0.25) is 14.3 Å². The molecule has 2 aromatic heterocycles. The number of pyridine rings is 1. The van der Waals surface area contributed by atoms with Crippen molar-refractivity contribution in [3.63, 3.8) is 0 Å². The third-order valence-corrected chi connectivity index (χ3v) is 5.60. The summed E-state index contributed by atoms with van der Waals surface area (Å²) >= 11 is 1.41. The predicted octanol–water partition coefficient (Wildman–Crippen LogP) is 3.05. The van der Waals surface area contributed by atoms with Gasteiger partial charge < -0.3 is 9.64 Å². The van der Waals surface area contributed by atoms with E-state index in [1.54, 1.807) is 19.5 Å². The Labute approximate surface area is 167 Å². The number of likely N-dealkylation sites (tertiary alicyclic amines) is 1. The van der Waals surface area contributed by atoms with Crippen molar-refractivity contribution in [1.82, 2.24) is 24.6 Å². The molecule has 7 nitrogen and oxygen atoms in total. The minimum Gasteiger partial charge on any atom is -0.497 e. The summed E-state index contributed by atoms with van der Waals surface area (Å²) in [4.78, 5) is 18.4. The number of carbonyl (C=O) groups is 1. The molecule has 28 heavy (non-hydrogen) atoms. The van der Waals surface area contributed by atoms with E-state index >= 15 is 0 Å². The lowest BCUT2D eigenvalue weighted by molar-refractivity contribution is -0.127. The van der Waals surface area contributed by atoms with Crippen molar-refractivity contribution >= 4 is 17.7 Å². The minimum atomic E-state index is 0.150. The molecule has 3 aromatic rings. The summed E-state index contributed by atoms with van der Waals surface area (Å²) in [5, 5.41) is 9.44. The summed E-state index contributed by atoms with van der Waals surface area (Å²) in [6, 6.07) is 11.5. The third kappa shape index (κ3) is 3.87. The van der Waals surface area contributed by atoms with Gasteiger partial charge in [-0.25, -0.2) is 0 Å². The van der Waals surface area contributed by atoms with E-state index in [4.69, 9.17) is 4.74 Å². The van der Waals surface area contributed by atoms with E-state index in [1.807, 2.05) is 45.9 Å². The van der Waals surface area contributed by atoms with Crippen molar-refractivity contribution in [2.24, 2.45) is 0 Å². The van der Waals surface area contributed by atoms with E-state index < -0.39 is 0 Å². The smallest absolute Gasteiger partial charge is 0.233 e. The Morgan fingerprint density at radius 3 is 2.46 bits per heavy atom. The lowest BCUT2D eigenvalue weighted by Crippen LogP contribution is -2.29. The van der Waals surface area contributed by atoms with Crippen LogP contribution in [-0.4, -0.2) is 56.5 Å². The molecule has 4 rings (SSSR count). The summed E-state index contributed by atoms with van der Waals surface area (Å²) in [5.74, 6) is 1.99. The Hall–Kier alpha value is -2.87. The number of carbonyl (C=O) groups excluding carboxylic acids is 1. The number of rotatable bonds is 6. The normalized spacial score (nSPS) is 13.7. The molecule has 1 saturated heterocycles. The van der Waals surface area contributed by atoms with Gasteiger partial charge in [-0.2, -0.15) is 0 Å². The van der Waals surface area contributed by atoms with Gasteiger partial charge in [-0.15, -0.1) is 10.2 Å². The van der Waals surface area contributed by atoms with Crippen LogP contribution in [0.2, 0.25) is 0 Å². The number of nitrogens with zero attached hydrogens (tertiary/aromatic N) is 5. The fraction of sp³-hybridized carbons (Fsp3) is 0.300. The number of amides is 1. The maximum atomic E-state index is 12.4. The molecule has 1 aromatic carbocycles. The van der Waals surface area contributed by atoms with Crippen molar-refractivity contribution in [3.05, 3.63) is 48.8 Å². The summed E-state index contributed by atoms with van der Waals surface area (Å²) in [7, 11) is 1.64. The Balaban J connectivity index is 1.65. The second-order valence-corrected chi connectivity index (χ2v) is 7.39. The molecule has 0 atom stereocenters. The first-order chi connectivity index (χ1) is 13.8. The SMILES string of the molecule is COc1ccc(-n2c(SCC(=O)N3CCCC3)nnc2-c2ccncc2)cc1. The fourth-order valence-corrected chi connectivity index (χ4v) is 4.05. The van der Waals surface area contributed by atoms with Crippen LogP contribution >= 0.6 is 11.8 Å². The summed E-state index contributed by atoms with van der Waals surface area (Å²) in [5.41, 5.74) is 1.82. The van der Waals surface area contributed by atoms with E-state index in [2.05, 4.69) is 15.2 Å². The highest BCUT2D eigenvalue weighted by molar-refractivity contribution is 7.99. The zero-order chi connectivity index (χ0) is 19.3. The van der Waals surface area contributed by atoms with Crippen LogP contribution in [-0.2, 0) is 4.79 Å². The Kier molecular flexibility index (Phi) is 5.57. The highest BCUT2D eigenvalue weighted by Gasteiger charge is 2.21. The molecular formula is C20H21N5O2S. The van der Waals surface area contributed by atoms with E-state index in [0.29, 0.717) is 16.7 Å². The topological polar surface area (TPSA) is 73.1 Å². The van der Waals surface area contributed by atoms with Gasteiger partial charge in [0.25, 0.3) is 0 Å². The lowest BCUT2D eigenvalue weighted by Gasteiger charge is -2.15. The lowest BCUT2D eigenvalue weighted by atomic mass is 10.2. The molecule has 3 heterocycles. The molecule has 1 aliphatic heterocycles. The van der Waals surface area contributed by atoms with Gasteiger partial charge in [0.1, 0.15) is 5.75 Å². The number of aromatic nitrogens is 4. The number of methoxy groups -OCH3 is 1. The molecule has 1 amide bonds. The Morgan fingerprint density at radius 2 is 1.79 bits per heavy atom. The van der Waals surface area contributed by atoms with E-state index in [-0.39, 0.29) is 5.91 Å². The largest absolute Gasteiger partial charge is 0.497 e. The number of benzene rings is 1. The van der Waals surface area contributed by atoms with Gasteiger partial charge in [0.2, 0.25) is 5.91 Å². The third-order valence-electron chi connectivity index (χ3n) is 4.69. The van der Waals surface area contributed by atoms with Crippen LogP contribution in [0, 0.1) is 0 Å². The number of hydrogen-bond acceptors (Lipinski definition) is 6. The van der Waals surface area contributed by atoms with Crippen LogP contribution in [0.25, 0.3) is 17.1 Å². The van der Waals surface area contributed by atoms with Crippen LogP contribution in [0.4, 0.5) is 0 Å². The molecule has 0 spiro atoms. The average molecular weight is 395 g/mol. The van der Waals surface area contributed by atoms with Crippen molar-refractivity contribution in [1.29, 1.82) is 0 Å². The molecular weight excluding hydrogens is 374 g/mol. The van der Waals surface area contributed by atoms with E-state index in [9.17, 15) is 4.79 Å². The van der Waals surface area contributed by atoms with E-state index in [0.717, 1.165) is 42.9 Å². The second kappa shape index (κ2) is 8.43. The standard InChI is InChI=1S/C20H21N5O2S/c1-27-17-6-4-16(5-7-17)25-19(15-8-10-21-11-9-15)22-23-20(25)28-14-18(26)24-12-2-3-13-24/h4-11H,2-3,12-14H2,1H3. The van der Waals surface area contributed by atoms with Crippen LogP contribution < -0.4 is 4.74 Å². The molecule has 0 radical (unpaired) electrons. The summed E-state index contributed by atoms with van der Waals surface area (Å²) in [6.45, 7) is 1.71. The van der Waals surface area contributed by atoms with Crippen LogP contribution in [0.3, 0.4) is 0 Å². The van der Waals surface area contributed by atoms with Crippen LogP contribution in [0.15, 0.2) is 53.9 Å². The molecule has 1 fully saturated rings. The molecule has 0 N–H and O–H groups in total. The second-order valence-electron chi connectivity index (χ2n) is 6.45. The molecule has 0 bridgehead atoms. The van der Waals surface area contributed by atoms with Crippen molar-refractivity contribution in [2.75, 3.05) is 26.0 Å². The van der Waals surface area contributed by atoms with Crippen molar-refractivity contribution < 1.29 is 9.53 Å². The monoisotopic (exact) mass is 395 g/mol. The first-order valence-electron chi connectivity index (χ1n) is 9.17. The highest BCUT2D eigenvalue weighted by Crippen LogP contribution is 2.29. The zero-order valence-electron chi connectivity index (χ0n) is 15.6. The molecule has 0 aliphatic carbocycles. The zero-order valence-corrected chi connectivity index (χ0v) is 16.4. The van der Waals surface area contributed by atoms with Gasteiger partial charge in [-0.1, -0.05) is 11.8 Å². The number of hydrogen-bond donors (Lipinski definition) is 0. The van der Waals surface area contributed by atoms with Gasteiger partial charge in [0.15, 0.2) is 11.0 Å². The van der Waals surface area contributed by atoms with Crippen LogP contribution in [0.1, 0.15) is 12.8 Å². The highest BCUT2D eigenvalue weighted by atomic mass is 32.2. The number of thioether (sulfide) groups is 1. The van der Waals surface area contributed by atoms with Gasteiger partial charge in [-0.05, 0) is 49.2 Å². The van der Waals surface area contributed by atoms with Gasteiger partial charge in [0.05, 0.1) is 12.9 Å². The maximum absolute atomic E-state index is 12.4. The predicted molar refractivity (Wildman–Crippen MR) is 108 cm³/mol. The molecule has 8 heteroatoms. The van der Waals surface area contributed by atoms with Crippen molar-refractivity contribution in [3.8, 4) is 22.8 Å². The summed E-state index contributed by atoms with van der Waals surface area (Å²) in [6.07, 6.45) is 5.63. The first kappa shape index (κ1) is 18.5. The van der Waals surface area contributed by atoms with E-state index in [1.165, 1.54) is 11.8 Å². The molecule has 144 valence electrons. The molecule has 1 aliphatic rings. The number of ether oxygens (including phenoxy) is 1. The van der Waals surface area contributed by atoms with Gasteiger partial charge >= 0.3 is 0 Å². The molecule has 0 saturated carbocycles. The maximum Gasteiger partial charge on any atom is 0.233 e. The van der Waals surface area contributed by atoms with Gasteiger partial charge in [0, 0.05) is 36.7 Å². The quantitative estimate of drug-likeness (QED) is 0.598. The van der Waals surface area contributed by atoms with Crippen molar-refractivity contribution in [2.45, 2.75) is 18.0 Å². The average Bonchev–Trinajstić information content (AvgIpc) is 3.43. The fourth-order valence-electron chi connectivity index (χ4n) is 3.20.